The lowest BCUT2D eigenvalue weighted by Gasteiger charge is -2.08. The van der Waals surface area contributed by atoms with Crippen molar-refractivity contribution in [3.05, 3.63) is 52.8 Å². The number of oxime groups is 1. The zero-order chi connectivity index (χ0) is 14.5. The molecule has 0 saturated carbocycles. The van der Waals surface area contributed by atoms with Crippen LogP contribution in [0.1, 0.15) is 22.4 Å². The van der Waals surface area contributed by atoms with Gasteiger partial charge in [-0.2, -0.15) is 5.10 Å². The Hall–Kier alpha value is -2.34. The second kappa shape index (κ2) is 6.21. The lowest BCUT2D eigenvalue weighted by atomic mass is 10.0. The maximum Gasteiger partial charge on any atom is 0.170 e. The Kier molecular flexibility index (Phi) is 4.37. The Morgan fingerprint density at radius 2 is 2.20 bits per heavy atom. The number of nitrogens with one attached hydrogen (secondary N) is 1. The van der Waals surface area contributed by atoms with E-state index in [1.807, 2.05) is 44.4 Å². The molecule has 0 amide bonds. The highest BCUT2D eigenvalue weighted by molar-refractivity contribution is 5.97. The van der Waals surface area contributed by atoms with E-state index in [0.717, 1.165) is 29.9 Å². The molecule has 2 rings (SSSR count). The highest BCUT2D eigenvalue weighted by Gasteiger charge is 2.04. The molecule has 1 aromatic heterocycles. The summed E-state index contributed by atoms with van der Waals surface area (Å²) in [6, 6.07) is 7.72. The van der Waals surface area contributed by atoms with Gasteiger partial charge < -0.3 is 16.3 Å². The third-order valence-electron chi connectivity index (χ3n) is 3.14. The van der Waals surface area contributed by atoms with E-state index in [1.165, 1.54) is 5.56 Å². The van der Waals surface area contributed by atoms with Crippen LogP contribution < -0.4 is 11.1 Å². The third-order valence-corrected chi connectivity index (χ3v) is 3.14. The van der Waals surface area contributed by atoms with Crippen LogP contribution >= 0.6 is 0 Å². The van der Waals surface area contributed by atoms with Crippen molar-refractivity contribution in [1.29, 1.82) is 0 Å². The van der Waals surface area contributed by atoms with Crippen LogP contribution in [0.15, 0.2) is 35.6 Å². The van der Waals surface area contributed by atoms with Gasteiger partial charge in [0, 0.05) is 31.9 Å². The van der Waals surface area contributed by atoms with Gasteiger partial charge >= 0.3 is 0 Å². The Labute approximate surface area is 117 Å². The number of rotatable bonds is 5. The summed E-state index contributed by atoms with van der Waals surface area (Å²) in [6.45, 7) is 3.48. The normalized spacial score (nSPS) is 11.8. The first-order valence-electron chi connectivity index (χ1n) is 6.37. The lowest BCUT2D eigenvalue weighted by Crippen LogP contribution is -2.16. The molecule has 0 aliphatic carbocycles. The summed E-state index contributed by atoms with van der Waals surface area (Å²) in [6.07, 6.45) is 1.92. The van der Waals surface area contributed by atoms with E-state index in [2.05, 4.69) is 15.6 Å². The SMILES string of the molecule is Cc1cc(/C(N)=N/O)ccc1CNCc1ccn(C)n1. The maximum absolute atomic E-state index is 8.66. The molecular weight excluding hydrogens is 254 g/mol. The molecule has 0 spiro atoms. The largest absolute Gasteiger partial charge is 0.409 e. The van der Waals surface area contributed by atoms with Crippen molar-refractivity contribution >= 4 is 5.84 Å². The first-order valence-corrected chi connectivity index (χ1v) is 6.37. The summed E-state index contributed by atoms with van der Waals surface area (Å²) in [5.74, 6) is 0.126. The molecule has 0 atom stereocenters. The van der Waals surface area contributed by atoms with Gasteiger partial charge in [-0.15, -0.1) is 0 Å². The summed E-state index contributed by atoms with van der Waals surface area (Å²) in [5.41, 5.74) is 9.57. The lowest BCUT2D eigenvalue weighted by molar-refractivity contribution is 0.318. The molecule has 0 radical (unpaired) electrons. The number of benzene rings is 1. The Bertz CT molecular complexity index is 618. The minimum Gasteiger partial charge on any atom is -0.409 e. The van der Waals surface area contributed by atoms with Crippen molar-refractivity contribution < 1.29 is 5.21 Å². The van der Waals surface area contributed by atoms with Crippen LogP contribution in [0, 0.1) is 6.92 Å². The number of aryl methyl sites for hydroxylation is 2. The molecule has 0 bridgehead atoms. The van der Waals surface area contributed by atoms with Gasteiger partial charge in [0.15, 0.2) is 5.84 Å². The Morgan fingerprint density at radius 1 is 1.40 bits per heavy atom. The van der Waals surface area contributed by atoms with E-state index < -0.39 is 0 Å². The fourth-order valence-electron chi connectivity index (χ4n) is 1.99. The summed E-state index contributed by atoms with van der Waals surface area (Å²) in [4.78, 5) is 0. The standard InChI is InChI=1S/C14H19N5O/c1-10-7-11(14(15)18-20)3-4-12(10)8-16-9-13-5-6-19(2)17-13/h3-7,16,20H,8-9H2,1-2H3,(H2,15,18). The van der Waals surface area contributed by atoms with Crippen LogP contribution in [0.3, 0.4) is 0 Å². The highest BCUT2D eigenvalue weighted by atomic mass is 16.4. The van der Waals surface area contributed by atoms with Crippen LogP contribution in [0.4, 0.5) is 0 Å². The molecule has 1 heterocycles. The maximum atomic E-state index is 8.66. The van der Waals surface area contributed by atoms with E-state index in [9.17, 15) is 0 Å². The summed E-state index contributed by atoms with van der Waals surface area (Å²) < 4.78 is 1.79. The van der Waals surface area contributed by atoms with Crippen molar-refractivity contribution in [2.24, 2.45) is 17.9 Å². The average Bonchev–Trinajstić information content (AvgIpc) is 2.85. The van der Waals surface area contributed by atoms with Crippen molar-refractivity contribution in [2.75, 3.05) is 0 Å². The number of aromatic nitrogens is 2. The second-order valence-electron chi connectivity index (χ2n) is 4.71. The van der Waals surface area contributed by atoms with Gasteiger partial charge in [-0.1, -0.05) is 17.3 Å². The van der Waals surface area contributed by atoms with Crippen LogP contribution in [0.5, 0.6) is 0 Å². The molecule has 1 aromatic carbocycles. The molecule has 0 aliphatic heterocycles. The van der Waals surface area contributed by atoms with E-state index in [4.69, 9.17) is 10.9 Å². The van der Waals surface area contributed by atoms with E-state index >= 15 is 0 Å². The number of nitrogens with zero attached hydrogens (tertiary/aromatic N) is 3. The predicted octanol–water partition coefficient (Wildman–Crippen LogP) is 1.11. The van der Waals surface area contributed by atoms with Crippen LogP contribution in [-0.4, -0.2) is 20.8 Å². The van der Waals surface area contributed by atoms with Gasteiger partial charge in [-0.05, 0) is 30.2 Å². The number of amidine groups is 1. The highest BCUT2D eigenvalue weighted by Crippen LogP contribution is 2.11. The summed E-state index contributed by atoms with van der Waals surface area (Å²) in [5, 5.41) is 19.3. The third kappa shape index (κ3) is 3.36. The van der Waals surface area contributed by atoms with Crippen molar-refractivity contribution in [3.8, 4) is 0 Å². The number of hydrogen-bond acceptors (Lipinski definition) is 4. The predicted molar refractivity (Wildman–Crippen MR) is 77.4 cm³/mol. The van der Waals surface area contributed by atoms with Crippen molar-refractivity contribution in [2.45, 2.75) is 20.0 Å². The fourth-order valence-corrected chi connectivity index (χ4v) is 1.99. The zero-order valence-electron chi connectivity index (χ0n) is 11.7. The number of hydrogen-bond donors (Lipinski definition) is 3. The monoisotopic (exact) mass is 273 g/mol. The smallest absolute Gasteiger partial charge is 0.170 e. The molecule has 106 valence electrons. The molecule has 6 heteroatoms. The molecule has 0 aliphatic rings. The second-order valence-corrected chi connectivity index (χ2v) is 4.71. The number of nitrogens with two attached hydrogens (primary N) is 1. The molecule has 20 heavy (non-hydrogen) atoms. The molecule has 0 saturated heterocycles. The topological polar surface area (TPSA) is 88.5 Å². The first-order chi connectivity index (χ1) is 9.60. The average molecular weight is 273 g/mol. The van der Waals surface area contributed by atoms with Crippen molar-refractivity contribution in [1.82, 2.24) is 15.1 Å². The Balaban J connectivity index is 1.96. The van der Waals surface area contributed by atoms with Gasteiger partial charge in [0.2, 0.25) is 0 Å². The minimum absolute atomic E-state index is 0.126. The van der Waals surface area contributed by atoms with Crippen molar-refractivity contribution in [3.63, 3.8) is 0 Å². The quantitative estimate of drug-likeness (QED) is 0.329. The van der Waals surface area contributed by atoms with Crippen LogP contribution in [0.2, 0.25) is 0 Å². The van der Waals surface area contributed by atoms with Gasteiger partial charge in [0.1, 0.15) is 0 Å². The van der Waals surface area contributed by atoms with Crippen LogP contribution in [0.25, 0.3) is 0 Å². The van der Waals surface area contributed by atoms with Gasteiger partial charge in [0.25, 0.3) is 0 Å². The van der Waals surface area contributed by atoms with Gasteiger partial charge in [0.05, 0.1) is 5.69 Å². The van der Waals surface area contributed by atoms with E-state index in [0.29, 0.717) is 0 Å². The van der Waals surface area contributed by atoms with Gasteiger partial charge in [-0.3, -0.25) is 4.68 Å². The Morgan fingerprint density at radius 3 is 2.80 bits per heavy atom. The molecule has 2 aromatic rings. The fraction of sp³-hybridized carbons (Fsp3) is 0.286. The van der Waals surface area contributed by atoms with E-state index in [-0.39, 0.29) is 5.84 Å². The zero-order valence-corrected chi connectivity index (χ0v) is 11.7. The molecule has 6 nitrogen and oxygen atoms in total. The van der Waals surface area contributed by atoms with Gasteiger partial charge in [-0.25, -0.2) is 0 Å². The first kappa shape index (κ1) is 14.1. The molecule has 0 unspecified atom stereocenters. The summed E-state index contributed by atoms with van der Waals surface area (Å²) in [7, 11) is 1.90. The molecule has 4 N–H and O–H groups in total. The molecular formula is C14H19N5O. The van der Waals surface area contributed by atoms with Crippen LogP contribution in [-0.2, 0) is 20.1 Å². The summed E-state index contributed by atoms with van der Waals surface area (Å²) >= 11 is 0. The molecule has 0 fully saturated rings. The van der Waals surface area contributed by atoms with E-state index in [1.54, 1.807) is 4.68 Å². The minimum atomic E-state index is 0.126.